The average molecular weight is 267 g/mol. The van der Waals surface area contributed by atoms with Crippen molar-refractivity contribution in [3.8, 4) is 5.75 Å². The third-order valence-electron chi connectivity index (χ3n) is 2.05. The number of ketones is 1. The van der Waals surface area contributed by atoms with Gasteiger partial charge in [0.05, 0.1) is 22.8 Å². The monoisotopic (exact) mass is 266 g/mol. The molecule has 1 rings (SSSR count). The highest BCUT2D eigenvalue weighted by atomic mass is 35.5. The van der Waals surface area contributed by atoms with Crippen LogP contribution in [0, 0.1) is 0 Å². The molecule has 0 radical (unpaired) electrons. The Morgan fingerprint density at radius 2 is 2.00 bits per heavy atom. The predicted octanol–water partition coefficient (Wildman–Crippen LogP) is 3.96. The second kappa shape index (κ2) is 4.96. The molecule has 17 heavy (non-hydrogen) atoms. The SMILES string of the molecule is CCOc1cc(C(F)(F)F)c(Cl)cc1C(C)=O. The number of carbonyl (C=O) groups is 1. The number of carbonyl (C=O) groups excluding carboxylic acids is 1. The Balaban J connectivity index is 3.40. The van der Waals surface area contributed by atoms with E-state index in [9.17, 15) is 18.0 Å². The molecule has 0 spiro atoms. The van der Waals surface area contributed by atoms with Crippen molar-refractivity contribution in [1.29, 1.82) is 0 Å². The summed E-state index contributed by atoms with van der Waals surface area (Å²) < 4.78 is 42.7. The smallest absolute Gasteiger partial charge is 0.417 e. The molecule has 1 aromatic rings. The van der Waals surface area contributed by atoms with Crippen molar-refractivity contribution in [2.45, 2.75) is 20.0 Å². The van der Waals surface area contributed by atoms with E-state index in [1.165, 1.54) is 6.92 Å². The van der Waals surface area contributed by atoms with Gasteiger partial charge in [-0.3, -0.25) is 4.79 Å². The molecule has 0 aromatic heterocycles. The average Bonchev–Trinajstić information content (AvgIpc) is 2.18. The molecule has 0 bridgehead atoms. The van der Waals surface area contributed by atoms with E-state index in [0.717, 1.165) is 12.1 Å². The second-order valence-corrected chi connectivity index (χ2v) is 3.72. The molecule has 0 saturated heterocycles. The Morgan fingerprint density at radius 1 is 1.41 bits per heavy atom. The Hall–Kier alpha value is -1.23. The van der Waals surface area contributed by atoms with E-state index < -0.39 is 22.5 Å². The van der Waals surface area contributed by atoms with Crippen molar-refractivity contribution < 1.29 is 22.7 Å². The van der Waals surface area contributed by atoms with Gasteiger partial charge >= 0.3 is 6.18 Å². The van der Waals surface area contributed by atoms with Crippen molar-refractivity contribution in [3.63, 3.8) is 0 Å². The van der Waals surface area contributed by atoms with Gasteiger partial charge < -0.3 is 4.74 Å². The first-order chi connectivity index (χ1) is 7.77. The van der Waals surface area contributed by atoms with Crippen molar-refractivity contribution in [2.75, 3.05) is 6.61 Å². The summed E-state index contributed by atoms with van der Waals surface area (Å²) in [5, 5.41) is -0.508. The van der Waals surface area contributed by atoms with Crippen LogP contribution in [-0.2, 0) is 6.18 Å². The van der Waals surface area contributed by atoms with Gasteiger partial charge in [0.1, 0.15) is 5.75 Å². The third-order valence-corrected chi connectivity index (χ3v) is 2.37. The first-order valence-corrected chi connectivity index (χ1v) is 5.19. The van der Waals surface area contributed by atoms with Crippen LogP contribution in [0.5, 0.6) is 5.75 Å². The molecule has 0 fully saturated rings. The van der Waals surface area contributed by atoms with Gasteiger partial charge in [0.25, 0.3) is 0 Å². The van der Waals surface area contributed by atoms with Crippen molar-refractivity contribution in [3.05, 3.63) is 28.3 Å². The number of Topliss-reactive ketones (excluding diaryl/α,β-unsaturated/α-hetero) is 1. The van der Waals surface area contributed by atoms with Crippen molar-refractivity contribution in [1.82, 2.24) is 0 Å². The number of hydrogen-bond donors (Lipinski definition) is 0. The van der Waals surface area contributed by atoms with Crippen LogP contribution in [0.1, 0.15) is 29.8 Å². The molecular weight excluding hydrogens is 257 g/mol. The molecule has 0 N–H and O–H groups in total. The lowest BCUT2D eigenvalue weighted by atomic mass is 10.1. The molecule has 0 heterocycles. The Morgan fingerprint density at radius 3 is 2.41 bits per heavy atom. The number of halogens is 4. The molecule has 0 atom stereocenters. The lowest BCUT2D eigenvalue weighted by Gasteiger charge is -2.14. The summed E-state index contributed by atoms with van der Waals surface area (Å²) in [4.78, 5) is 11.2. The highest BCUT2D eigenvalue weighted by molar-refractivity contribution is 6.32. The van der Waals surface area contributed by atoms with Crippen molar-refractivity contribution >= 4 is 17.4 Å². The number of benzene rings is 1. The van der Waals surface area contributed by atoms with Crippen LogP contribution < -0.4 is 4.74 Å². The quantitative estimate of drug-likeness (QED) is 0.774. The van der Waals surface area contributed by atoms with Crippen LogP contribution in [0.4, 0.5) is 13.2 Å². The molecule has 0 unspecified atom stereocenters. The molecule has 0 aliphatic heterocycles. The maximum absolute atomic E-state index is 12.6. The summed E-state index contributed by atoms with van der Waals surface area (Å²) in [7, 11) is 0. The van der Waals surface area contributed by atoms with Crippen LogP contribution in [0.25, 0.3) is 0 Å². The van der Waals surface area contributed by atoms with Gasteiger partial charge in [0.2, 0.25) is 0 Å². The lowest BCUT2D eigenvalue weighted by Crippen LogP contribution is -2.09. The molecule has 2 nitrogen and oxygen atoms in total. The molecule has 1 aromatic carbocycles. The van der Waals surface area contributed by atoms with E-state index in [1.807, 2.05) is 0 Å². The molecule has 0 aliphatic carbocycles. The van der Waals surface area contributed by atoms with Gasteiger partial charge in [0, 0.05) is 0 Å². The summed E-state index contributed by atoms with van der Waals surface area (Å²) >= 11 is 5.50. The normalized spacial score (nSPS) is 11.4. The summed E-state index contributed by atoms with van der Waals surface area (Å²) in [5.41, 5.74) is -0.961. The van der Waals surface area contributed by atoms with E-state index in [-0.39, 0.29) is 17.9 Å². The minimum absolute atomic E-state index is 0.0462. The number of rotatable bonds is 3. The minimum atomic E-state index is -4.57. The van der Waals surface area contributed by atoms with Crippen LogP contribution in [0.15, 0.2) is 12.1 Å². The molecule has 0 aliphatic rings. The van der Waals surface area contributed by atoms with Gasteiger partial charge in [0.15, 0.2) is 5.78 Å². The van der Waals surface area contributed by atoms with Crippen LogP contribution in [0.2, 0.25) is 5.02 Å². The maximum atomic E-state index is 12.6. The number of ether oxygens (including phenoxy) is 1. The second-order valence-electron chi connectivity index (χ2n) is 3.32. The molecule has 94 valence electrons. The zero-order valence-corrected chi connectivity index (χ0v) is 9.95. The van der Waals surface area contributed by atoms with Gasteiger partial charge in [-0.25, -0.2) is 0 Å². The van der Waals surface area contributed by atoms with E-state index in [1.54, 1.807) is 6.92 Å². The van der Waals surface area contributed by atoms with Gasteiger partial charge in [-0.1, -0.05) is 11.6 Å². The van der Waals surface area contributed by atoms with E-state index >= 15 is 0 Å². The molecule has 0 amide bonds. The highest BCUT2D eigenvalue weighted by Crippen LogP contribution is 2.38. The fourth-order valence-corrected chi connectivity index (χ4v) is 1.59. The van der Waals surface area contributed by atoms with Gasteiger partial charge in [-0.15, -0.1) is 0 Å². The maximum Gasteiger partial charge on any atom is 0.417 e. The first-order valence-electron chi connectivity index (χ1n) is 4.81. The van der Waals surface area contributed by atoms with E-state index in [2.05, 4.69) is 0 Å². The largest absolute Gasteiger partial charge is 0.493 e. The minimum Gasteiger partial charge on any atom is -0.493 e. The standard InChI is InChI=1S/C11H10ClF3O2/c1-3-17-10-5-8(11(13,14)15)9(12)4-7(10)6(2)16/h4-5H,3H2,1-2H3. The zero-order chi connectivity index (χ0) is 13.2. The van der Waals surface area contributed by atoms with E-state index in [4.69, 9.17) is 16.3 Å². The third kappa shape index (κ3) is 3.12. The lowest BCUT2D eigenvalue weighted by molar-refractivity contribution is -0.137. The topological polar surface area (TPSA) is 26.3 Å². The molecular formula is C11H10ClF3O2. The Kier molecular flexibility index (Phi) is 4.03. The fraction of sp³-hybridized carbons (Fsp3) is 0.364. The Labute approximate surface area is 101 Å². The number of hydrogen-bond acceptors (Lipinski definition) is 2. The van der Waals surface area contributed by atoms with E-state index in [0.29, 0.717) is 0 Å². The first kappa shape index (κ1) is 13.8. The van der Waals surface area contributed by atoms with Crippen molar-refractivity contribution in [2.24, 2.45) is 0 Å². The van der Waals surface area contributed by atoms with Crippen LogP contribution >= 0.6 is 11.6 Å². The van der Waals surface area contributed by atoms with Gasteiger partial charge in [-0.05, 0) is 26.0 Å². The zero-order valence-electron chi connectivity index (χ0n) is 9.19. The summed E-state index contributed by atoms with van der Waals surface area (Å²) in [6.45, 7) is 3.02. The highest BCUT2D eigenvalue weighted by Gasteiger charge is 2.34. The summed E-state index contributed by atoms with van der Waals surface area (Å²) in [6, 6.07) is 1.74. The summed E-state index contributed by atoms with van der Waals surface area (Å²) in [5.74, 6) is -0.499. The molecule has 0 saturated carbocycles. The summed E-state index contributed by atoms with van der Waals surface area (Å²) in [6.07, 6.45) is -4.57. The fourth-order valence-electron chi connectivity index (χ4n) is 1.32. The Bertz CT molecular complexity index is 441. The predicted molar refractivity (Wildman–Crippen MR) is 57.6 cm³/mol. The molecule has 6 heteroatoms. The van der Waals surface area contributed by atoms with Crippen LogP contribution in [0.3, 0.4) is 0 Å². The number of alkyl halides is 3. The van der Waals surface area contributed by atoms with Gasteiger partial charge in [-0.2, -0.15) is 13.2 Å². The van der Waals surface area contributed by atoms with Crippen LogP contribution in [-0.4, -0.2) is 12.4 Å².